The van der Waals surface area contributed by atoms with E-state index in [4.69, 9.17) is 4.42 Å². The van der Waals surface area contributed by atoms with Crippen LogP contribution >= 0.6 is 15.9 Å². The summed E-state index contributed by atoms with van der Waals surface area (Å²) in [5, 5.41) is 6.29. The number of hydrogen-bond acceptors (Lipinski definition) is 3. The van der Waals surface area contributed by atoms with Gasteiger partial charge in [-0.2, -0.15) is 0 Å². The maximum Gasteiger partial charge on any atom is 0.227 e. The van der Waals surface area contributed by atoms with Crippen LogP contribution in [0.3, 0.4) is 0 Å². The van der Waals surface area contributed by atoms with Crippen LogP contribution in [0, 0.1) is 5.92 Å². The molecule has 1 fully saturated rings. The van der Waals surface area contributed by atoms with Gasteiger partial charge < -0.3 is 15.1 Å². The second-order valence-electron chi connectivity index (χ2n) is 5.35. The number of carbonyl (C=O) groups is 1. The zero-order valence-corrected chi connectivity index (χ0v) is 13.3. The number of nitrogens with one attached hydrogen (secondary N) is 2. The highest BCUT2D eigenvalue weighted by Crippen LogP contribution is 2.30. The molecule has 4 nitrogen and oxygen atoms in total. The van der Waals surface area contributed by atoms with Gasteiger partial charge in [0.05, 0.1) is 6.04 Å². The molecule has 1 aliphatic rings. The van der Waals surface area contributed by atoms with Crippen LogP contribution in [0.2, 0.25) is 0 Å². The first kappa shape index (κ1) is 14.2. The molecule has 0 radical (unpaired) electrons. The van der Waals surface area contributed by atoms with Gasteiger partial charge in [0.15, 0.2) is 4.67 Å². The van der Waals surface area contributed by atoms with Crippen molar-refractivity contribution < 1.29 is 9.21 Å². The van der Waals surface area contributed by atoms with Crippen LogP contribution in [-0.2, 0) is 4.79 Å². The lowest BCUT2D eigenvalue weighted by molar-refractivity contribution is -0.117. The standard InChI is InChI=1S/C16H17BrN2O2/c1-10(14-8-9-15(17)21-14)18-12-4-6-13(7-5-12)19-16(20)11-2-3-11/h4-11,18H,2-3H2,1H3,(H,19,20). The molecule has 0 spiro atoms. The van der Waals surface area contributed by atoms with E-state index in [1.54, 1.807) is 0 Å². The van der Waals surface area contributed by atoms with Crippen molar-refractivity contribution in [3.05, 3.63) is 46.8 Å². The quantitative estimate of drug-likeness (QED) is 0.832. The highest BCUT2D eigenvalue weighted by molar-refractivity contribution is 9.10. The van der Waals surface area contributed by atoms with Crippen molar-refractivity contribution in [2.45, 2.75) is 25.8 Å². The molecule has 1 aliphatic carbocycles. The molecule has 21 heavy (non-hydrogen) atoms. The van der Waals surface area contributed by atoms with Crippen LogP contribution in [0.1, 0.15) is 31.6 Å². The number of rotatable bonds is 5. The average Bonchev–Trinajstić information content (AvgIpc) is 3.23. The van der Waals surface area contributed by atoms with Crippen molar-refractivity contribution in [3.63, 3.8) is 0 Å². The second kappa shape index (κ2) is 5.93. The maximum absolute atomic E-state index is 11.7. The van der Waals surface area contributed by atoms with E-state index in [1.807, 2.05) is 43.3 Å². The molecule has 0 aliphatic heterocycles. The first-order chi connectivity index (χ1) is 10.1. The van der Waals surface area contributed by atoms with Crippen LogP contribution in [0.15, 0.2) is 45.5 Å². The van der Waals surface area contributed by atoms with Crippen LogP contribution in [0.5, 0.6) is 0 Å². The van der Waals surface area contributed by atoms with Crippen molar-refractivity contribution in [3.8, 4) is 0 Å². The predicted octanol–water partition coefficient (Wildman–Crippen LogP) is 4.56. The number of furan rings is 1. The van der Waals surface area contributed by atoms with Crippen molar-refractivity contribution in [1.29, 1.82) is 0 Å². The van der Waals surface area contributed by atoms with Crippen LogP contribution in [-0.4, -0.2) is 5.91 Å². The lowest BCUT2D eigenvalue weighted by atomic mass is 10.2. The third kappa shape index (κ3) is 3.67. The third-order valence-corrected chi connectivity index (χ3v) is 3.93. The summed E-state index contributed by atoms with van der Waals surface area (Å²) in [7, 11) is 0. The fourth-order valence-electron chi connectivity index (χ4n) is 2.12. The summed E-state index contributed by atoms with van der Waals surface area (Å²) in [4.78, 5) is 11.7. The topological polar surface area (TPSA) is 54.3 Å². The van der Waals surface area contributed by atoms with Gasteiger partial charge >= 0.3 is 0 Å². The molecule has 1 heterocycles. The van der Waals surface area contributed by atoms with Crippen LogP contribution in [0.4, 0.5) is 11.4 Å². The van der Waals surface area contributed by atoms with E-state index >= 15 is 0 Å². The Morgan fingerprint density at radius 1 is 1.19 bits per heavy atom. The summed E-state index contributed by atoms with van der Waals surface area (Å²) in [5.74, 6) is 1.22. The Morgan fingerprint density at radius 3 is 2.43 bits per heavy atom. The molecule has 1 aromatic carbocycles. The monoisotopic (exact) mass is 348 g/mol. The van der Waals surface area contributed by atoms with Gasteiger partial charge in [-0.05, 0) is 72.1 Å². The fourth-order valence-corrected chi connectivity index (χ4v) is 2.44. The predicted molar refractivity (Wildman–Crippen MR) is 86.2 cm³/mol. The highest BCUT2D eigenvalue weighted by atomic mass is 79.9. The summed E-state index contributed by atoms with van der Waals surface area (Å²) in [6, 6.07) is 11.6. The van der Waals surface area contributed by atoms with Gasteiger partial charge in [-0.15, -0.1) is 0 Å². The van der Waals surface area contributed by atoms with Crippen LogP contribution in [0.25, 0.3) is 0 Å². The zero-order chi connectivity index (χ0) is 14.8. The largest absolute Gasteiger partial charge is 0.452 e. The normalized spacial score (nSPS) is 15.5. The summed E-state index contributed by atoms with van der Waals surface area (Å²) in [6.07, 6.45) is 2.03. The lowest BCUT2D eigenvalue weighted by Crippen LogP contribution is -2.13. The lowest BCUT2D eigenvalue weighted by Gasteiger charge is -2.13. The van der Waals surface area contributed by atoms with Crippen molar-refractivity contribution >= 4 is 33.2 Å². The molecule has 0 bridgehead atoms. The maximum atomic E-state index is 11.7. The smallest absolute Gasteiger partial charge is 0.227 e. The van der Waals surface area contributed by atoms with Gasteiger partial charge in [-0.25, -0.2) is 0 Å². The Labute approximate surface area is 132 Å². The molecule has 1 saturated carbocycles. The van der Waals surface area contributed by atoms with Gasteiger partial charge in [0.1, 0.15) is 5.76 Å². The summed E-state index contributed by atoms with van der Waals surface area (Å²) in [5.41, 5.74) is 1.82. The van der Waals surface area contributed by atoms with E-state index < -0.39 is 0 Å². The minimum absolute atomic E-state index is 0.0724. The molecule has 1 aromatic heterocycles. The van der Waals surface area contributed by atoms with Gasteiger partial charge in [0, 0.05) is 17.3 Å². The summed E-state index contributed by atoms with van der Waals surface area (Å²) >= 11 is 3.30. The molecule has 2 aromatic rings. The van der Waals surface area contributed by atoms with Crippen molar-refractivity contribution in [1.82, 2.24) is 0 Å². The fraction of sp³-hybridized carbons (Fsp3) is 0.312. The van der Waals surface area contributed by atoms with E-state index in [1.165, 1.54) is 0 Å². The first-order valence-corrected chi connectivity index (χ1v) is 7.84. The number of hydrogen-bond donors (Lipinski definition) is 2. The molecule has 0 saturated heterocycles. The first-order valence-electron chi connectivity index (χ1n) is 7.04. The molecule has 3 rings (SSSR count). The number of halogens is 1. The molecule has 5 heteroatoms. The minimum atomic E-state index is 0.0724. The van der Waals surface area contributed by atoms with Gasteiger partial charge in [-0.1, -0.05) is 0 Å². The van der Waals surface area contributed by atoms with E-state index in [-0.39, 0.29) is 17.9 Å². The summed E-state index contributed by atoms with van der Waals surface area (Å²) < 4.78 is 6.25. The van der Waals surface area contributed by atoms with Crippen molar-refractivity contribution in [2.24, 2.45) is 5.92 Å². The molecule has 2 N–H and O–H groups in total. The Bertz CT molecular complexity index is 632. The number of amides is 1. The Balaban J connectivity index is 1.59. The SMILES string of the molecule is CC(Nc1ccc(NC(=O)C2CC2)cc1)c1ccc(Br)o1. The van der Waals surface area contributed by atoms with Gasteiger partial charge in [0.2, 0.25) is 5.91 Å². The molecule has 1 atom stereocenters. The van der Waals surface area contributed by atoms with E-state index in [0.29, 0.717) is 0 Å². The van der Waals surface area contributed by atoms with E-state index in [2.05, 4.69) is 26.6 Å². The molecule has 1 amide bonds. The van der Waals surface area contributed by atoms with Gasteiger partial charge in [-0.3, -0.25) is 4.79 Å². The molecule has 1 unspecified atom stereocenters. The minimum Gasteiger partial charge on any atom is -0.452 e. The Kier molecular flexibility index (Phi) is 4.01. The second-order valence-corrected chi connectivity index (χ2v) is 6.13. The Hall–Kier alpha value is -1.75. The van der Waals surface area contributed by atoms with Crippen LogP contribution < -0.4 is 10.6 Å². The molecular formula is C16H17BrN2O2. The Morgan fingerprint density at radius 2 is 1.86 bits per heavy atom. The summed E-state index contributed by atoms with van der Waals surface area (Å²) in [6.45, 7) is 2.04. The number of carbonyl (C=O) groups excluding carboxylic acids is 1. The molecule has 110 valence electrons. The number of anilines is 2. The highest BCUT2D eigenvalue weighted by Gasteiger charge is 2.29. The van der Waals surface area contributed by atoms with Crippen molar-refractivity contribution in [2.75, 3.05) is 10.6 Å². The third-order valence-electron chi connectivity index (χ3n) is 3.50. The molecular weight excluding hydrogens is 332 g/mol. The van der Waals surface area contributed by atoms with E-state index in [0.717, 1.165) is 34.6 Å². The van der Waals surface area contributed by atoms with Gasteiger partial charge in [0.25, 0.3) is 0 Å². The zero-order valence-electron chi connectivity index (χ0n) is 11.7. The van der Waals surface area contributed by atoms with E-state index in [9.17, 15) is 4.79 Å². The average molecular weight is 349 g/mol. The number of benzene rings is 1.